The van der Waals surface area contributed by atoms with Crippen LogP contribution in [0.3, 0.4) is 0 Å². The molecule has 1 aliphatic carbocycles. The molecule has 0 unspecified atom stereocenters. The molecule has 1 atom stereocenters. The number of benzene rings is 2. The smallest absolute Gasteiger partial charge is 0.335 e. The van der Waals surface area contributed by atoms with Gasteiger partial charge in [-0.25, -0.2) is 4.79 Å². The molecule has 0 heterocycles. The van der Waals surface area contributed by atoms with Crippen LogP contribution in [0.1, 0.15) is 40.2 Å². The van der Waals surface area contributed by atoms with Crippen molar-refractivity contribution in [1.29, 1.82) is 0 Å². The van der Waals surface area contributed by atoms with Crippen LogP contribution in [0.4, 0.5) is 0 Å². The van der Waals surface area contributed by atoms with Crippen LogP contribution in [0.15, 0.2) is 54.6 Å². The summed E-state index contributed by atoms with van der Waals surface area (Å²) in [5.41, 5.74) is 3.17. The van der Waals surface area contributed by atoms with E-state index in [1.807, 2.05) is 24.3 Å². The van der Waals surface area contributed by atoms with Crippen LogP contribution in [0, 0.1) is 0 Å². The topological polar surface area (TPSA) is 54.4 Å². The highest BCUT2D eigenvalue weighted by molar-refractivity contribution is 6.30. The van der Waals surface area contributed by atoms with E-state index in [9.17, 15) is 9.59 Å². The third-order valence-corrected chi connectivity index (χ3v) is 4.35. The summed E-state index contributed by atoms with van der Waals surface area (Å²) in [5.74, 6) is -0.739. The Morgan fingerprint density at radius 3 is 2.26 bits per heavy atom. The van der Waals surface area contributed by atoms with Crippen molar-refractivity contribution >= 4 is 28.9 Å². The summed E-state index contributed by atoms with van der Waals surface area (Å²) in [4.78, 5) is 23.0. The van der Waals surface area contributed by atoms with Gasteiger partial charge in [0.25, 0.3) is 0 Å². The van der Waals surface area contributed by atoms with E-state index in [0.717, 1.165) is 23.1 Å². The summed E-state index contributed by atoms with van der Waals surface area (Å²) < 4.78 is 0. The van der Waals surface area contributed by atoms with Gasteiger partial charge in [-0.3, -0.25) is 4.79 Å². The normalized spacial score (nSPS) is 17.7. The number of carbonyl (C=O) groups is 2. The first-order valence-corrected chi connectivity index (χ1v) is 7.73. The number of hydrogen-bond acceptors (Lipinski definition) is 2. The molecule has 0 fully saturated rings. The number of aromatic carboxylic acids is 1. The molecule has 23 heavy (non-hydrogen) atoms. The quantitative estimate of drug-likeness (QED) is 0.899. The lowest BCUT2D eigenvalue weighted by Gasteiger charge is -2.23. The molecule has 3 nitrogen and oxygen atoms in total. The van der Waals surface area contributed by atoms with Crippen LogP contribution in [-0.2, 0) is 4.79 Å². The van der Waals surface area contributed by atoms with Gasteiger partial charge in [0.05, 0.1) is 5.56 Å². The van der Waals surface area contributed by atoms with Crippen molar-refractivity contribution in [3.8, 4) is 0 Å². The molecule has 0 saturated carbocycles. The largest absolute Gasteiger partial charge is 0.478 e. The minimum atomic E-state index is -0.954. The van der Waals surface area contributed by atoms with E-state index >= 15 is 0 Å². The van der Waals surface area contributed by atoms with Gasteiger partial charge < -0.3 is 5.11 Å². The summed E-state index contributed by atoms with van der Waals surface area (Å²) in [7, 11) is 0. The average molecular weight is 327 g/mol. The second-order valence-electron chi connectivity index (χ2n) is 5.68. The van der Waals surface area contributed by atoms with E-state index in [4.69, 9.17) is 16.7 Å². The number of allylic oxidation sites excluding steroid dienone is 2. The molecule has 0 spiro atoms. The van der Waals surface area contributed by atoms with Gasteiger partial charge >= 0.3 is 5.97 Å². The average Bonchev–Trinajstić information content (AvgIpc) is 2.55. The van der Waals surface area contributed by atoms with Crippen LogP contribution >= 0.6 is 11.6 Å². The van der Waals surface area contributed by atoms with Gasteiger partial charge in [0.15, 0.2) is 5.78 Å². The molecule has 0 aliphatic heterocycles. The lowest BCUT2D eigenvalue weighted by Crippen LogP contribution is -2.12. The van der Waals surface area contributed by atoms with Gasteiger partial charge in [-0.15, -0.1) is 0 Å². The molecule has 2 aromatic rings. The molecule has 1 N–H and O–H groups in total. The summed E-state index contributed by atoms with van der Waals surface area (Å²) in [6, 6.07) is 14.2. The fraction of sp³-hybridized carbons (Fsp3) is 0.158. The molecular weight excluding hydrogens is 312 g/mol. The summed E-state index contributed by atoms with van der Waals surface area (Å²) >= 11 is 5.92. The number of carboxylic acids is 1. The highest BCUT2D eigenvalue weighted by Gasteiger charge is 2.23. The predicted molar refractivity (Wildman–Crippen MR) is 89.8 cm³/mol. The number of carbonyl (C=O) groups excluding carboxylic acids is 1. The first-order chi connectivity index (χ1) is 11.0. The van der Waals surface area contributed by atoms with Gasteiger partial charge in [0.1, 0.15) is 0 Å². The Balaban J connectivity index is 1.86. The standard InChI is InChI=1S/C19H15ClO3/c20-17-7-5-13(6-8-17)16-9-15(10-18(21)11-16)12-1-3-14(4-2-12)19(22)23/h1-8,10,16H,9,11H2,(H,22,23)/t16-/m1/s1. The first-order valence-electron chi connectivity index (χ1n) is 7.35. The van der Waals surface area contributed by atoms with E-state index < -0.39 is 5.97 Å². The van der Waals surface area contributed by atoms with Gasteiger partial charge in [-0.1, -0.05) is 35.9 Å². The number of ketones is 1. The first kappa shape index (κ1) is 15.5. The minimum Gasteiger partial charge on any atom is -0.478 e. The number of rotatable bonds is 3. The van der Waals surface area contributed by atoms with Crippen molar-refractivity contribution in [3.05, 3.63) is 76.3 Å². The third kappa shape index (κ3) is 3.51. The van der Waals surface area contributed by atoms with Crippen LogP contribution in [0.5, 0.6) is 0 Å². The molecule has 0 amide bonds. The number of halogens is 1. The van der Waals surface area contributed by atoms with Crippen molar-refractivity contribution in [3.63, 3.8) is 0 Å². The van der Waals surface area contributed by atoms with Crippen molar-refractivity contribution in [2.24, 2.45) is 0 Å². The van der Waals surface area contributed by atoms with E-state index in [1.165, 1.54) is 0 Å². The van der Waals surface area contributed by atoms with E-state index in [-0.39, 0.29) is 17.3 Å². The number of carboxylic acid groups (broad SMARTS) is 1. The van der Waals surface area contributed by atoms with Crippen molar-refractivity contribution in [1.82, 2.24) is 0 Å². The third-order valence-electron chi connectivity index (χ3n) is 4.09. The summed E-state index contributed by atoms with van der Waals surface area (Å²) in [6.07, 6.45) is 2.90. The molecule has 0 saturated heterocycles. The van der Waals surface area contributed by atoms with Gasteiger partial charge in [-0.05, 0) is 59.4 Å². The van der Waals surface area contributed by atoms with Crippen LogP contribution < -0.4 is 0 Å². The maximum Gasteiger partial charge on any atom is 0.335 e. The Morgan fingerprint density at radius 1 is 1.00 bits per heavy atom. The molecule has 0 aromatic heterocycles. The fourth-order valence-electron chi connectivity index (χ4n) is 2.89. The zero-order valence-electron chi connectivity index (χ0n) is 12.3. The van der Waals surface area contributed by atoms with Crippen molar-refractivity contribution in [2.75, 3.05) is 0 Å². The Bertz CT molecular complexity index is 773. The molecule has 1 aliphatic rings. The van der Waals surface area contributed by atoms with Crippen LogP contribution in [0.2, 0.25) is 5.02 Å². The van der Waals surface area contributed by atoms with Crippen LogP contribution in [-0.4, -0.2) is 16.9 Å². The SMILES string of the molecule is O=C1C=C(c2ccc(C(=O)O)cc2)C[C@@H](c2ccc(Cl)cc2)C1. The molecule has 4 heteroatoms. The summed E-state index contributed by atoms with van der Waals surface area (Å²) in [6.45, 7) is 0. The van der Waals surface area contributed by atoms with Gasteiger partial charge in [0.2, 0.25) is 0 Å². The predicted octanol–water partition coefficient (Wildman–Crippen LogP) is 4.57. The molecule has 3 rings (SSSR count). The Hall–Kier alpha value is -2.39. The van der Waals surface area contributed by atoms with E-state index in [2.05, 4.69) is 0 Å². The molecule has 0 bridgehead atoms. The zero-order chi connectivity index (χ0) is 16.4. The van der Waals surface area contributed by atoms with E-state index in [1.54, 1.807) is 30.3 Å². The molecular formula is C19H15ClO3. The lowest BCUT2D eigenvalue weighted by atomic mass is 9.81. The Morgan fingerprint density at radius 2 is 1.65 bits per heavy atom. The highest BCUT2D eigenvalue weighted by atomic mass is 35.5. The zero-order valence-corrected chi connectivity index (χ0v) is 13.1. The van der Waals surface area contributed by atoms with Gasteiger partial charge in [0, 0.05) is 11.4 Å². The van der Waals surface area contributed by atoms with Gasteiger partial charge in [-0.2, -0.15) is 0 Å². The molecule has 2 aromatic carbocycles. The lowest BCUT2D eigenvalue weighted by molar-refractivity contribution is -0.115. The monoisotopic (exact) mass is 326 g/mol. The second-order valence-corrected chi connectivity index (χ2v) is 6.11. The van der Waals surface area contributed by atoms with Crippen LogP contribution in [0.25, 0.3) is 5.57 Å². The minimum absolute atomic E-state index is 0.0912. The maximum absolute atomic E-state index is 12.1. The number of hydrogen-bond donors (Lipinski definition) is 1. The Labute approximate surface area is 139 Å². The summed E-state index contributed by atoms with van der Waals surface area (Å²) in [5, 5.41) is 9.64. The maximum atomic E-state index is 12.1. The van der Waals surface area contributed by atoms with Crippen molar-refractivity contribution < 1.29 is 14.7 Å². The molecule has 116 valence electrons. The van der Waals surface area contributed by atoms with E-state index in [0.29, 0.717) is 11.4 Å². The Kier molecular flexibility index (Phi) is 4.30. The fourth-order valence-corrected chi connectivity index (χ4v) is 3.02. The second kappa shape index (κ2) is 6.39. The molecule has 0 radical (unpaired) electrons. The van der Waals surface area contributed by atoms with Crippen molar-refractivity contribution in [2.45, 2.75) is 18.8 Å². The highest BCUT2D eigenvalue weighted by Crippen LogP contribution is 2.36.